The number of phosphoric acid groups is 1. The van der Waals surface area contributed by atoms with Crippen molar-refractivity contribution < 1.29 is 52.2 Å². The van der Waals surface area contributed by atoms with Crippen LogP contribution in [0, 0.1) is 0 Å². The molecule has 0 heterocycles. The summed E-state index contributed by atoms with van der Waals surface area (Å²) < 4.78 is 39.2. The summed E-state index contributed by atoms with van der Waals surface area (Å²) in [5.74, 6) is -1.64. The number of ether oxygens (including phenoxy) is 3. The lowest BCUT2D eigenvalue weighted by molar-refractivity contribution is -0.160. The zero-order chi connectivity index (χ0) is 49.9. The van der Waals surface area contributed by atoms with E-state index in [9.17, 15) is 28.9 Å². The molecule has 68 heavy (non-hydrogen) atoms. The zero-order valence-electron chi connectivity index (χ0n) is 42.5. The number of hydrogen-bond acceptors (Lipinski definition) is 10. The van der Waals surface area contributed by atoms with Gasteiger partial charge < -0.3 is 24.2 Å². The van der Waals surface area contributed by atoms with Gasteiger partial charge in [-0.05, 0) is 77.0 Å². The molecule has 2 N–H and O–H groups in total. The lowest BCUT2D eigenvalue weighted by Crippen LogP contribution is -2.30. The van der Waals surface area contributed by atoms with Crippen molar-refractivity contribution in [3.8, 4) is 0 Å². The largest absolute Gasteiger partial charge is 0.472 e. The van der Waals surface area contributed by atoms with Gasteiger partial charge in [-0.3, -0.25) is 23.4 Å². The highest BCUT2D eigenvalue weighted by atomic mass is 31.2. The van der Waals surface area contributed by atoms with Crippen LogP contribution < -0.4 is 0 Å². The monoisotopic (exact) mass is 973 g/mol. The summed E-state index contributed by atoms with van der Waals surface area (Å²) in [4.78, 5) is 48.2. The summed E-state index contributed by atoms with van der Waals surface area (Å²) in [6.45, 7) is 4.25. The lowest BCUT2D eigenvalue weighted by Gasteiger charge is -2.21. The molecule has 3 unspecified atom stereocenters. The first-order valence-electron chi connectivity index (χ1n) is 26.1. The number of rotatable bonds is 47. The Morgan fingerprint density at radius 3 is 1.29 bits per heavy atom. The van der Waals surface area contributed by atoms with E-state index in [1.807, 2.05) is 18.2 Å². The van der Waals surface area contributed by atoms with Gasteiger partial charge in [0.15, 0.2) is 6.10 Å². The molecule has 3 atom stereocenters. The standard InChI is InChI=1S/C56H93O11P/c1-4-7-10-13-16-19-22-24-26-28-31-34-37-40-43-46-55(59)66-52(48-57)50-64-68(61,62)65-51-53(49-63-54(58)45-42-39-36-33-30-21-18-15-12-9-6-3)67-56(60)47-44-41-38-35-32-29-27-25-23-20-17-14-11-8-5-2/h7-8,10-11,16-17,19-20,24-27,32,35,41,44,52-53,57H,4-6,9,12-15,18,21-23,28-31,33-34,36-40,42-43,45-51H2,1-3H3,(H,61,62)/b10-7-,11-8-,19-16-,20-17-,26-24-,27-25-,35-32-,44-41-. The predicted octanol–water partition coefficient (Wildman–Crippen LogP) is 14.9. The van der Waals surface area contributed by atoms with Crippen molar-refractivity contribution in [1.29, 1.82) is 0 Å². The van der Waals surface area contributed by atoms with Gasteiger partial charge in [0, 0.05) is 12.8 Å². The van der Waals surface area contributed by atoms with Crippen LogP contribution in [0.25, 0.3) is 0 Å². The number of aliphatic hydroxyl groups is 1. The van der Waals surface area contributed by atoms with Crippen LogP contribution >= 0.6 is 7.82 Å². The third kappa shape index (κ3) is 47.5. The minimum Gasteiger partial charge on any atom is -0.462 e. The van der Waals surface area contributed by atoms with E-state index in [-0.39, 0.29) is 25.9 Å². The maximum atomic E-state index is 12.8. The second-order valence-corrected chi connectivity index (χ2v) is 18.4. The number of carbonyl (C=O) groups excluding carboxylic acids is 3. The number of esters is 3. The van der Waals surface area contributed by atoms with Crippen molar-refractivity contribution in [3.63, 3.8) is 0 Å². The summed E-state index contributed by atoms with van der Waals surface area (Å²) in [7, 11) is -4.77. The van der Waals surface area contributed by atoms with Crippen LogP contribution in [0.3, 0.4) is 0 Å². The van der Waals surface area contributed by atoms with E-state index < -0.39 is 57.8 Å². The topological polar surface area (TPSA) is 155 Å². The molecule has 388 valence electrons. The average Bonchev–Trinajstić information content (AvgIpc) is 3.32. The first-order chi connectivity index (χ1) is 33.2. The van der Waals surface area contributed by atoms with Gasteiger partial charge in [0.05, 0.1) is 26.2 Å². The minimum absolute atomic E-state index is 0.0682. The van der Waals surface area contributed by atoms with Gasteiger partial charge in [-0.15, -0.1) is 0 Å². The number of unbranched alkanes of at least 4 members (excludes halogenated alkanes) is 15. The Labute approximate surface area is 412 Å². The Balaban J connectivity index is 4.85. The second-order valence-electron chi connectivity index (χ2n) is 16.9. The molecule has 0 fully saturated rings. The van der Waals surface area contributed by atoms with E-state index >= 15 is 0 Å². The summed E-state index contributed by atoms with van der Waals surface area (Å²) in [6.07, 6.45) is 56.9. The van der Waals surface area contributed by atoms with Crippen LogP contribution in [0.2, 0.25) is 0 Å². The molecule has 0 aliphatic carbocycles. The van der Waals surface area contributed by atoms with Crippen LogP contribution in [-0.4, -0.2) is 66.5 Å². The Morgan fingerprint density at radius 1 is 0.441 bits per heavy atom. The van der Waals surface area contributed by atoms with Gasteiger partial charge in [0.25, 0.3) is 0 Å². The Kier molecular flexibility index (Phi) is 47.2. The van der Waals surface area contributed by atoms with Crippen molar-refractivity contribution in [2.75, 3.05) is 26.4 Å². The first kappa shape index (κ1) is 64.4. The lowest BCUT2D eigenvalue weighted by atomic mass is 10.1. The molecule has 0 saturated heterocycles. The third-order valence-electron chi connectivity index (χ3n) is 10.5. The van der Waals surface area contributed by atoms with Gasteiger partial charge in [-0.25, -0.2) is 4.57 Å². The van der Waals surface area contributed by atoms with Gasteiger partial charge in [0.1, 0.15) is 12.7 Å². The van der Waals surface area contributed by atoms with E-state index in [2.05, 4.69) is 93.7 Å². The number of aliphatic hydroxyl groups excluding tert-OH is 1. The number of hydrogen-bond donors (Lipinski definition) is 2. The molecule has 0 amide bonds. The average molecular weight is 973 g/mol. The van der Waals surface area contributed by atoms with Crippen LogP contribution in [0.4, 0.5) is 0 Å². The van der Waals surface area contributed by atoms with Gasteiger partial charge in [-0.2, -0.15) is 0 Å². The molecule has 0 bridgehead atoms. The van der Waals surface area contributed by atoms with Crippen LogP contribution in [0.5, 0.6) is 0 Å². The molecule has 0 spiro atoms. The molecule has 0 saturated carbocycles. The Morgan fingerprint density at radius 2 is 0.824 bits per heavy atom. The number of allylic oxidation sites excluding steroid dienone is 15. The van der Waals surface area contributed by atoms with Crippen LogP contribution in [0.1, 0.15) is 201 Å². The smallest absolute Gasteiger partial charge is 0.462 e. The second kappa shape index (κ2) is 49.8. The van der Waals surface area contributed by atoms with Crippen molar-refractivity contribution in [2.45, 2.75) is 213 Å². The van der Waals surface area contributed by atoms with Gasteiger partial charge in [-0.1, -0.05) is 201 Å². The van der Waals surface area contributed by atoms with Crippen LogP contribution in [-0.2, 0) is 42.2 Å². The molecular formula is C56H93O11P. The molecular weight excluding hydrogens is 880 g/mol. The number of phosphoric ester groups is 1. The van der Waals surface area contributed by atoms with E-state index in [0.29, 0.717) is 19.3 Å². The highest BCUT2D eigenvalue weighted by Crippen LogP contribution is 2.43. The predicted molar refractivity (Wildman–Crippen MR) is 279 cm³/mol. The summed E-state index contributed by atoms with van der Waals surface area (Å²) >= 11 is 0. The fourth-order valence-electron chi connectivity index (χ4n) is 6.62. The molecule has 11 nitrogen and oxygen atoms in total. The highest BCUT2D eigenvalue weighted by molar-refractivity contribution is 7.47. The number of carbonyl (C=O) groups is 3. The van der Waals surface area contributed by atoms with Gasteiger partial charge in [0.2, 0.25) is 0 Å². The Hall–Kier alpha value is -3.60. The quantitative estimate of drug-likeness (QED) is 0.0197. The SMILES string of the molecule is CC/C=C\C/C=C\C/C=C\C/C=C\C/C=C\CC(=O)OC(COC(=O)CCCCCCCCCCCCC)COP(=O)(O)OCC(CO)OC(=O)CCCCCCC/C=C\C/C=C\C/C=C\CC. The molecule has 0 aromatic heterocycles. The molecule has 0 radical (unpaired) electrons. The fourth-order valence-corrected chi connectivity index (χ4v) is 7.41. The van der Waals surface area contributed by atoms with Crippen molar-refractivity contribution >= 4 is 25.7 Å². The van der Waals surface area contributed by atoms with Crippen molar-refractivity contribution in [1.82, 2.24) is 0 Å². The molecule has 0 aromatic carbocycles. The van der Waals surface area contributed by atoms with Crippen molar-refractivity contribution in [3.05, 3.63) is 97.2 Å². The van der Waals surface area contributed by atoms with E-state index in [1.165, 1.54) is 44.9 Å². The molecule has 0 aliphatic rings. The highest BCUT2D eigenvalue weighted by Gasteiger charge is 2.28. The fraction of sp³-hybridized carbons (Fsp3) is 0.661. The molecule has 0 rings (SSSR count). The van der Waals surface area contributed by atoms with Crippen LogP contribution in [0.15, 0.2) is 97.2 Å². The zero-order valence-corrected chi connectivity index (χ0v) is 43.4. The maximum absolute atomic E-state index is 12.8. The minimum atomic E-state index is -4.77. The summed E-state index contributed by atoms with van der Waals surface area (Å²) in [5, 5.41) is 9.78. The summed E-state index contributed by atoms with van der Waals surface area (Å²) in [6, 6.07) is 0. The van der Waals surface area contributed by atoms with E-state index in [1.54, 1.807) is 6.08 Å². The van der Waals surface area contributed by atoms with Crippen molar-refractivity contribution in [2.24, 2.45) is 0 Å². The molecule has 12 heteroatoms. The Bertz CT molecular complexity index is 1510. The third-order valence-corrected chi connectivity index (χ3v) is 11.5. The maximum Gasteiger partial charge on any atom is 0.472 e. The van der Waals surface area contributed by atoms with E-state index in [0.717, 1.165) is 96.3 Å². The summed E-state index contributed by atoms with van der Waals surface area (Å²) in [5.41, 5.74) is 0. The molecule has 0 aromatic rings. The van der Waals surface area contributed by atoms with E-state index in [4.69, 9.17) is 23.3 Å². The van der Waals surface area contributed by atoms with Gasteiger partial charge >= 0.3 is 25.7 Å². The first-order valence-corrected chi connectivity index (χ1v) is 27.6. The molecule has 0 aliphatic heterocycles. The normalized spacial score (nSPS) is 14.2.